The third-order valence-electron chi connectivity index (χ3n) is 2.59. The molecule has 0 saturated carbocycles. The van der Waals surface area contributed by atoms with Crippen LogP contribution in [0.3, 0.4) is 0 Å². The van der Waals surface area contributed by atoms with Crippen molar-refractivity contribution in [2.45, 2.75) is 39.3 Å². The molecule has 0 radical (unpaired) electrons. The average molecular weight is 235 g/mol. The molecular formula is C14H21NO2. The second-order valence-corrected chi connectivity index (χ2v) is 4.73. The van der Waals surface area contributed by atoms with Crippen LogP contribution in [-0.4, -0.2) is 12.0 Å². The third kappa shape index (κ3) is 4.57. The van der Waals surface area contributed by atoms with E-state index in [1.807, 2.05) is 51.1 Å². The van der Waals surface area contributed by atoms with Gasteiger partial charge in [-0.15, -0.1) is 0 Å². The molecule has 3 heteroatoms. The van der Waals surface area contributed by atoms with Crippen molar-refractivity contribution in [3.63, 3.8) is 0 Å². The van der Waals surface area contributed by atoms with Crippen LogP contribution in [0, 0.1) is 5.92 Å². The zero-order valence-corrected chi connectivity index (χ0v) is 10.7. The number of benzene rings is 1. The van der Waals surface area contributed by atoms with Gasteiger partial charge in [0, 0.05) is 0 Å². The standard InChI is InChI=1S/C14H21NO2/c1-10(2)9-13(15)14(16)17-11(3)12-7-5-4-6-8-12/h4-8,10-11,13H,9,15H2,1-3H3/t11?,13-/m1/s1. The lowest BCUT2D eigenvalue weighted by atomic mass is 10.0. The van der Waals surface area contributed by atoms with Crippen LogP contribution in [0.1, 0.15) is 38.9 Å². The van der Waals surface area contributed by atoms with Crippen LogP contribution < -0.4 is 5.73 Å². The van der Waals surface area contributed by atoms with Crippen molar-refractivity contribution in [2.24, 2.45) is 11.7 Å². The first-order chi connectivity index (χ1) is 8.00. The van der Waals surface area contributed by atoms with Crippen molar-refractivity contribution in [1.82, 2.24) is 0 Å². The lowest BCUT2D eigenvalue weighted by Crippen LogP contribution is -2.34. The summed E-state index contributed by atoms with van der Waals surface area (Å²) in [6.45, 7) is 5.93. The number of hydrogen-bond donors (Lipinski definition) is 1. The fourth-order valence-electron chi connectivity index (χ4n) is 1.66. The minimum atomic E-state index is -0.527. The molecule has 0 heterocycles. The van der Waals surface area contributed by atoms with Gasteiger partial charge in [-0.2, -0.15) is 0 Å². The van der Waals surface area contributed by atoms with Crippen LogP contribution in [0.5, 0.6) is 0 Å². The Morgan fingerprint density at radius 2 is 1.82 bits per heavy atom. The van der Waals surface area contributed by atoms with Crippen LogP contribution in [0.2, 0.25) is 0 Å². The highest BCUT2D eigenvalue weighted by Crippen LogP contribution is 2.17. The Balaban J connectivity index is 2.51. The molecule has 0 saturated heterocycles. The maximum Gasteiger partial charge on any atom is 0.323 e. The van der Waals surface area contributed by atoms with E-state index in [-0.39, 0.29) is 12.1 Å². The van der Waals surface area contributed by atoms with Gasteiger partial charge in [-0.05, 0) is 24.8 Å². The first kappa shape index (κ1) is 13.7. The smallest absolute Gasteiger partial charge is 0.323 e. The van der Waals surface area contributed by atoms with E-state index in [0.29, 0.717) is 12.3 Å². The zero-order chi connectivity index (χ0) is 12.8. The summed E-state index contributed by atoms with van der Waals surface area (Å²) in [4.78, 5) is 11.7. The second-order valence-electron chi connectivity index (χ2n) is 4.73. The van der Waals surface area contributed by atoms with E-state index < -0.39 is 6.04 Å². The largest absolute Gasteiger partial charge is 0.457 e. The Hall–Kier alpha value is -1.35. The number of carbonyl (C=O) groups excluding carboxylic acids is 1. The Morgan fingerprint density at radius 1 is 1.24 bits per heavy atom. The fraction of sp³-hybridized carbons (Fsp3) is 0.500. The number of esters is 1. The van der Waals surface area contributed by atoms with Crippen molar-refractivity contribution in [1.29, 1.82) is 0 Å². The molecule has 0 amide bonds. The van der Waals surface area contributed by atoms with E-state index in [9.17, 15) is 4.79 Å². The van der Waals surface area contributed by atoms with Gasteiger partial charge in [0.2, 0.25) is 0 Å². The molecule has 2 atom stereocenters. The van der Waals surface area contributed by atoms with Crippen molar-refractivity contribution in [2.75, 3.05) is 0 Å². The SMILES string of the molecule is CC(C)C[C@@H](N)C(=O)OC(C)c1ccccc1. The molecule has 17 heavy (non-hydrogen) atoms. The van der Waals surface area contributed by atoms with Gasteiger partial charge in [0.05, 0.1) is 0 Å². The number of hydrogen-bond acceptors (Lipinski definition) is 3. The van der Waals surface area contributed by atoms with E-state index in [0.717, 1.165) is 5.56 Å². The molecule has 1 unspecified atom stereocenters. The molecule has 0 fully saturated rings. The van der Waals surface area contributed by atoms with E-state index in [4.69, 9.17) is 10.5 Å². The summed E-state index contributed by atoms with van der Waals surface area (Å²) < 4.78 is 5.34. The first-order valence-corrected chi connectivity index (χ1v) is 6.01. The predicted octanol–water partition coefficient (Wildman–Crippen LogP) is 2.66. The molecule has 0 bridgehead atoms. The number of rotatable bonds is 5. The molecule has 0 aliphatic carbocycles. The molecule has 2 N–H and O–H groups in total. The Labute approximate surface area is 103 Å². The highest BCUT2D eigenvalue weighted by molar-refractivity contribution is 5.75. The maximum absolute atomic E-state index is 11.7. The highest BCUT2D eigenvalue weighted by atomic mass is 16.5. The van der Waals surface area contributed by atoms with E-state index in [2.05, 4.69) is 0 Å². The van der Waals surface area contributed by atoms with Gasteiger partial charge in [0.1, 0.15) is 12.1 Å². The monoisotopic (exact) mass is 235 g/mol. The number of carbonyl (C=O) groups is 1. The van der Waals surface area contributed by atoms with Crippen molar-refractivity contribution >= 4 is 5.97 Å². The molecule has 1 rings (SSSR count). The van der Waals surface area contributed by atoms with Crippen LogP contribution in [0.15, 0.2) is 30.3 Å². The molecule has 3 nitrogen and oxygen atoms in total. The number of nitrogens with two attached hydrogens (primary N) is 1. The van der Waals surface area contributed by atoms with Crippen molar-refractivity contribution < 1.29 is 9.53 Å². The fourth-order valence-corrected chi connectivity index (χ4v) is 1.66. The molecule has 1 aromatic carbocycles. The highest BCUT2D eigenvalue weighted by Gasteiger charge is 2.19. The van der Waals surface area contributed by atoms with Crippen LogP contribution in [-0.2, 0) is 9.53 Å². The second kappa shape index (κ2) is 6.40. The average Bonchev–Trinajstić information content (AvgIpc) is 2.29. The van der Waals surface area contributed by atoms with Crippen LogP contribution >= 0.6 is 0 Å². The van der Waals surface area contributed by atoms with Gasteiger partial charge < -0.3 is 10.5 Å². The first-order valence-electron chi connectivity index (χ1n) is 6.01. The van der Waals surface area contributed by atoms with Gasteiger partial charge in [-0.1, -0.05) is 44.2 Å². The Bertz CT molecular complexity index is 348. The van der Waals surface area contributed by atoms with Gasteiger partial charge in [0.25, 0.3) is 0 Å². The Kier molecular flexibility index (Phi) is 5.16. The summed E-state index contributed by atoms with van der Waals surface area (Å²) in [5.41, 5.74) is 6.75. The number of ether oxygens (including phenoxy) is 1. The van der Waals surface area contributed by atoms with Gasteiger partial charge in [-0.3, -0.25) is 4.79 Å². The van der Waals surface area contributed by atoms with Crippen LogP contribution in [0.25, 0.3) is 0 Å². The summed E-state index contributed by atoms with van der Waals surface area (Å²) in [6, 6.07) is 9.13. The minimum absolute atomic E-state index is 0.248. The molecule has 0 spiro atoms. The minimum Gasteiger partial charge on any atom is -0.457 e. The topological polar surface area (TPSA) is 52.3 Å². The van der Waals surface area contributed by atoms with E-state index in [1.165, 1.54) is 0 Å². The molecule has 0 aromatic heterocycles. The van der Waals surface area contributed by atoms with E-state index in [1.54, 1.807) is 0 Å². The summed E-state index contributed by atoms with van der Waals surface area (Å²) in [6.07, 6.45) is 0.405. The summed E-state index contributed by atoms with van der Waals surface area (Å²) >= 11 is 0. The zero-order valence-electron chi connectivity index (χ0n) is 10.7. The van der Waals surface area contributed by atoms with Gasteiger partial charge in [-0.25, -0.2) is 0 Å². The molecule has 0 aliphatic heterocycles. The van der Waals surface area contributed by atoms with Crippen molar-refractivity contribution in [3.8, 4) is 0 Å². The third-order valence-corrected chi connectivity index (χ3v) is 2.59. The maximum atomic E-state index is 11.7. The lowest BCUT2D eigenvalue weighted by Gasteiger charge is -2.18. The molecular weight excluding hydrogens is 214 g/mol. The van der Waals surface area contributed by atoms with Gasteiger partial charge >= 0.3 is 5.97 Å². The van der Waals surface area contributed by atoms with Gasteiger partial charge in [0.15, 0.2) is 0 Å². The summed E-state index contributed by atoms with van der Waals surface area (Å²) in [7, 11) is 0. The normalized spacial score (nSPS) is 14.4. The Morgan fingerprint density at radius 3 is 2.35 bits per heavy atom. The van der Waals surface area contributed by atoms with E-state index >= 15 is 0 Å². The molecule has 1 aromatic rings. The predicted molar refractivity (Wildman–Crippen MR) is 68.4 cm³/mol. The summed E-state index contributed by atoms with van der Waals surface area (Å²) in [5, 5.41) is 0. The quantitative estimate of drug-likeness (QED) is 0.798. The summed E-state index contributed by atoms with van der Waals surface area (Å²) in [5.74, 6) is 0.0691. The molecule has 0 aliphatic rings. The lowest BCUT2D eigenvalue weighted by molar-refractivity contribution is -0.150. The molecule has 94 valence electrons. The van der Waals surface area contributed by atoms with Crippen molar-refractivity contribution in [3.05, 3.63) is 35.9 Å². The van der Waals surface area contributed by atoms with Crippen LogP contribution in [0.4, 0.5) is 0 Å².